The Kier molecular flexibility index (Phi) is 4.78. The summed E-state index contributed by atoms with van der Waals surface area (Å²) in [6.45, 7) is 2.29. The van der Waals surface area contributed by atoms with E-state index < -0.39 is 0 Å². The highest BCUT2D eigenvalue weighted by Crippen LogP contribution is 2.32. The molecule has 0 atom stereocenters. The van der Waals surface area contributed by atoms with Crippen LogP contribution in [0.1, 0.15) is 24.0 Å². The Balaban J connectivity index is 2.01. The lowest BCUT2D eigenvalue weighted by Crippen LogP contribution is -2.21. The first-order valence-corrected chi connectivity index (χ1v) is 6.71. The summed E-state index contributed by atoms with van der Waals surface area (Å²) in [6, 6.07) is 9.06. The minimum atomic E-state index is 0.623. The normalized spacial score (nSPS) is 14.2. The van der Waals surface area contributed by atoms with Crippen molar-refractivity contribution in [2.45, 2.75) is 25.4 Å². The molecule has 4 nitrogen and oxygen atoms in total. The zero-order valence-corrected chi connectivity index (χ0v) is 11.6. The van der Waals surface area contributed by atoms with Crippen molar-refractivity contribution in [1.82, 2.24) is 5.32 Å². The molecule has 1 fully saturated rings. The third-order valence-electron chi connectivity index (χ3n) is 3.47. The highest BCUT2D eigenvalue weighted by molar-refractivity contribution is 5.61. The minimum Gasteiger partial charge on any atom is -0.383 e. The number of methoxy groups -OCH3 is 1. The number of nitriles is 1. The van der Waals surface area contributed by atoms with Gasteiger partial charge in [-0.2, -0.15) is 5.26 Å². The van der Waals surface area contributed by atoms with E-state index in [4.69, 9.17) is 4.74 Å². The van der Waals surface area contributed by atoms with Crippen LogP contribution in [0.2, 0.25) is 0 Å². The summed E-state index contributed by atoms with van der Waals surface area (Å²) in [5.74, 6) is 0. The molecule has 19 heavy (non-hydrogen) atoms. The molecule has 2 rings (SSSR count). The number of nitrogens with one attached hydrogen (secondary N) is 1. The summed E-state index contributed by atoms with van der Waals surface area (Å²) in [7, 11) is 3.77. The third-order valence-corrected chi connectivity index (χ3v) is 3.47. The topological polar surface area (TPSA) is 48.3 Å². The van der Waals surface area contributed by atoms with Crippen LogP contribution in [-0.2, 0) is 11.3 Å². The molecule has 0 saturated heterocycles. The van der Waals surface area contributed by atoms with Gasteiger partial charge in [0.05, 0.1) is 17.9 Å². The van der Waals surface area contributed by atoms with E-state index >= 15 is 0 Å². The Morgan fingerprint density at radius 2 is 2.26 bits per heavy atom. The fraction of sp³-hybridized carbons (Fsp3) is 0.533. The summed E-state index contributed by atoms with van der Waals surface area (Å²) >= 11 is 0. The molecule has 1 aromatic carbocycles. The lowest BCUT2D eigenvalue weighted by molar-refractivity contribution is 0.199. The molecule has 0 aromatic heterocycles. The Hall–Kier alpha value is -1.57. The van der Waals surface area contributed by atoms with Crippen LogP contribution in [0.15, 0.2) is 18.2 Å². The maximum atomic E-state index is 9.29. The highest BCUT2D eigenvalue weighted by atomic mass is 16.5. The van der Waals surface area contributed by atoms with E-state index in [9.17, 15) is 5.26 Å². The third kappa shape index (κ3) is 3.69. The van der Waals surface area contributed by atoms with Gasteiger partial charge in [-0.25, -0.2) is 0 Å². The van der Waals surface area contributed by atoms with Gasteiger partial charge in [-0.1, -0.05) is 6.07 Å². The summed E-state index contributed by atoms with van der Waals surface area (Å²) in [4.78, 5) is 2.22. The quantitative estimate of drug-likeness (QED) is 0.760. The molecule has 1 aromatic rings. The summed E-state index contributed by atoms with van der Waals surface area (Å²) < 4.78 is 4.99. The number of nitrogens with zero attached hydrogens (tertiary/aromatic N) is 2. The van der Waals surface area contributed by atoms with Crippen LogP contribution in [0.5, 0.6) is 0 Å². The van der Waals surface area contributed by atoms with E-state index in [1.165, 1.54) is 12.8 Å². The molecule has 1 N–H and O–H groups in total. The predicted octanol–water partition coefficient (Wildman–Crippen LogP) is 1.89. The zero-order chi connectivity index (χ0) is 13.7. The molecule has 0 radical (unpaired) electrons. The molecule has 1 aliphatic rings. The molecular formula is C15H21N3O. The second-order valence-corrected chi connectivity index (χ2v) is 4.97. The van der Waals surface area contributed by atoms with E-state index in [2.05, 4.69) is 35.5 Å². The van der Waals surface area contributed by atoms with Crippen LogP contribution in [0.4, 0.5) is 5.69 Å². The average Bonchev–Trinajstić information content (AvgIpc) is 3.27. The van der Waals surface area contributed by atoms with E-state index in [0.717, 1.165) is 29.9 Å². The van der Waals surface area contributed by atoms with Gasteiger partial charge in [-0.3, -0.25) is 0 Å². The van der Waals surface area contributed by atoms with Crippen molar-refractivity contribution in [3.63, 3.8) is 0 Å². The monoisotopic (exact) mass is 259 g/mol. The molecule has 4 heteroatoms. The van der Waals surface area contributed by atoms with Gasteiger partial charge in [0.2, 0.25) is 0 Å². The van der Waals surface area contributed by atoms with Gasteiger partial charge in [0.1, 0.15) is 6.07 Å². The fourth-order valence-electron chi connectivity index (χ4n) is 2.16. The number of hydrogen-bond donors (Lipinski definition) is 1. The molecule has 0 unspecified atom stereocenters. The molecule has 0 amide bonds. The molecule has 0 aliphatic heterocycles. The van der Waals surface area contributed by atoms with Crippen molar-refractivity contribution in [3.05, 3.63) is 29.3 Å². The summed E-state index contributed by atoms with van der Waals surface area (Å²) in [5, 5.41) is 12.6. The minimum absolute atomic E-state index is 0.623. The molecule has 102 valence electrons. The van der Waals surface area contributed by atoms with Crippen molar-refractivity contribution < 1.29 is 4.74 Å². The van der Waals surface area contributed by atoms with Gasteiger partial charge >= 0.3 is 0 Å². The van der Waals surface area contributed by atoms with Gasteiger partial charge in [-0.05, 0) is 30.5 Å². The Morgan fingerprint density at radius 3 is 2.89 bits per heavy atom. The molecular weight excluding hydrogens is 238 g/mol. The number of benzene rings is 1. The largest absolute Gasteiger partial charge is 0.383 e. The van der Waals surface area contributed by atoms with Crippen LogP contribution >= 0.6 is 0 Å². The van der Waals surface area contributed by atoms with E-state index in [1.54, 1.807) is 7.11 Å². The van der Waals surface area contributed by atoms with Crippen LogP contribution in [0.3, 0.4) is 0 Å². The number of rotatable bonds is 7. The molecule has 1 saturated carbocycles. The lowest BCUT2D eigenvalue weighted by atomic mass is 10.1. The van der Waals surface area contributed by atoms with E-state index in [1.807, 2.05) is 6.07 Å². The summed E-state index contributed by atoms with van der Waals surface area (Å²) in [5.41, 5.74) is 2.95. The van der Waals surface area contributed by atoms with Crippen LogP contribution in [0, 0.1) is 11.3 Å². The van der Waals surface area contributed by atoms with Gasteiger partial charge < -0.3 is 15.0 Å². The molecule has 0 bridgehead atoms. The van der Waals surface area contributed by atoms with Gasteiger partial charge in [0.25, 0.3) is 0 Å². The van der Waals surface area contributed by atoms with Crippen molar-refractivity contribution in [3.8, 4) is 6.07 Å². The second kappa shape index (κ2) is 6.55. The maximum absolute atomic E-state index is 9.29. The first-order chi connectivity index (χ1) is 9.26. The molecule has 0 spiro atoms. The van der Waals surface area contributed by atoms with Crippen molar-refractivity contribution in [1.29, 1.82) is 5.26 Å². The van der Waals surface area contributed by atoms with Crippen molar-refractivity contribution in [2.75, 3.05) is 32.2 Å². The number of ether oxygens (including phenoxy) is 1. The van der Waals surface area contributed by atoms with Crippen LogP contribution < -0.4 is 10.2 Å². The lowest BCUT2D eigenvalue weighted by Gasteiger charge is -2.20. The first kappa shape index (κ1) is 13.9. The average molecular weight is 259 g/mol. The second-order valence-electron chi connectivity index (χ2n) is 4.97. The predicted molar refractivity (Wildman–Crippen MR) is 76.2 cm³/mol. The first-order valence-electron chi connectivity index (χ1n) is 6.71. The van der Waals surface area contributed by atoms with Gasteiger partial charge in [-0.15, -0.1) is 0 Å². The standard InChI is InChI=1S/C15H21N3O/c1-18(14-4-5-14)15-6-3-12(9-13(15)10-16)11-17-7-8-19-2/h3,6,9,14,17H,4-5,7-8,11H2,1-2H3. The molecule has 0 heterocycles. The van der Waals surface area contributed by atoms with Gasteiger partial charge in [0.15, 0.2) is 0 Å². The highest BCUT2D eigenvalue weighted by Gasteiger charge is 2.27. The Bertz CT molecular complexity index is 463. The van der Waals surface area contributed by atoms with Crippen LogP contribution in [0.25, 0.3) is 0 Å². The van der Waals surface area contributed by atoms with E-state index in [-0.39, 0.29) is 0 Å². The zero-order valence-electron chi connectivity index (χ0n) is 11.6. The number of hydrogen-bond acceptors (Lipinski definition) is 4. The van der Waals surface area contributed by atoms with Crippen molar-refractivity contribution in [2.24, 2.45) is 0 Å². The maximum Gasteiger partial charge on any atom is 0.101 e. The van der Waals surface area contributed by atoms with E-state index in [0.29, 0.717) is 12.6 Å². The van der Waals surface area contributed by atoms with Crippen molar-refractivity contribution >= 4 is 5.69 Å². The van der Waals surface area contributed by atoms with Crippen LogP contribution in [-0.4, -0.2) is 33.4 Å². The Morgan fingerprint density at radius 1 is 1.47 bits per heavy atom. The fourth-order valence-corrected chi connectivity index (χ4v) is 2.16. The van der Waals surface area contributed by atoms with Gasteiger partial charge in [0, 0.05) is 33.3 Å². The SMILES string of the molecule is COCCNCc1ccc(N(C)C2CC2)c(C#N)c1. The Labute approximate surface area is 115 Å². The molecule has 1 aliphatic carbocycles. The summed E-state index contributed by atoms with van der Waals surface area (Å²) in [6.07, 6.45) is 2.48. The number of anilines is 1. The smallest absolute Gasteiger partial charge is 0.101 e.